The van der Waals surface area contributed by atoms with Gasteiger partial charge in [0.25, 0.3) is 0 Å². The van der Waals surface area contributed by atoms with Crippen LogP contribution in [0.3, 0.4) is 0 Å². The van der Waals surface area contributed by atoms with Gasteiger partial charge < -0.3 is 9.84 Å². The average molecular weight is 211 g/mol. The molecule has 0 bridgehead atoms. The Kier molecular flexibility index (Phi) is 6.38. The number of ether oxygens (including phenoxy) is 1. The lowest BCUT2D eigenvalue weighted by molar-refractivity contribution is 0.0536. The molecule has 2 nitrogen and oxygen atoms in total. The highest BCUT2D eigenvalue weighted by molar-refractivity contribution is 9.09. The monoisotopic (exact) mass is 210 g/mol. The van der Waals surface area contributed by atoms with Gasteiger partial charge in [0.1, 0.15) is 5.01 Å². The second kappa shape index (κ2) is 6.13. The topological polar surface area (TPSA) is 29.5 Å². The van der Waals surface area contributed by atoms with Crippen LogP contribution in [0.2, 0.25) is 0 Å². The first kappa shape index (κ1) is 10.4. The van der Waals surface area contributed by atoms with Gasteiger partial charge in [-0.3, -0.25) is 0 Å². The van der Waals surface area contributed by atoms with Crippen LogP contribution in [0.25, 0.3) is 0 Å². The minimum absolute atomic E-state index is 0.0876. The van der Waals surface area contributed by atoms with Crippen molar-refractivity contribution in [1.29, 1.82) is 0 Å². The van der Waals surface area contributed by atoms with Crippen LogP contribution < -0.4 is 0 Å². The molecule has 0 saturated carbocycles. The lowest BCUT2D eigenvalue weighted by Gasteiger charge is -2.16. The minimum Gasteiger partial charge on any atom is -0.394 e. The lowest BCUT2D eigenvalue weighted by atomic mass is 10.1. The third-order valence-corrected chi connectivity index (χ3v) is 2.63. The summed E-state index contributed by atoms with van der Waals surface area (Å²) < 4.78 is 5.21. The van der Waals surface area contributed by atoms with E-state index in [-0.39, 0.29) is 11.6 Å². The molecule has 0 rings (SSSR count). The van der Waals surface area contributed by atoms with Crippen molar-refractivity contribution in [2.24, 2.45) is 5.92 Å². The molecule has 0 aromatic rings. The molecule has 0 spiro atoms. The first-order valence-corrected chi connectivity index (χ1v) is 4.50. The highest BCUT2D eigenvalue weighted by Gasteiger charge is 2.10. The molecular formula is C7H15BrO2. The Bertz CT molecular complexity index is 78.0. The zero-order valence-electron chi connectivity index (χ0n) is 6.51. The molecule has 2 atom stereocenters. The summed E-state index contributed by atoms with van der Waals surface area (Å²) >= 11 is 3.37. The molecule has 0 aromatic heterocycles. The molecule has 3 heteroatoms. The number of alkyl halides is 1. The van der Waals surface area contributed by atoms with Crippen molar-refractivity contribution >= 4 is 15.9 Å². The second-order valence-corrected chi connectivity index (χ2v) is 3.23. The maximum absolute atomic E-state index is 8.42. The van der Waals surface area contributed by atoms with E-state index in [4.69, 9.17) is 9.84 Å². The highest BCUT2D eigenvalue weighted by Crippen LogP contribution is 2.16. The van der Waals surface area contributed by atoms with Gasteiger partial charge in [-0.05, 0) is 5.92 Å². The Labute approximate surface area is 70.7 Å². The largest absolute Gasteiger partial charge is 0.394 e. The van der Waals surface area contributed by atoms with Crippen molar-refractivity contribution in [1.82, 2.24) is 0 Å². The van der Waals surface area contributed by atoms with E-state index in [1.165, 1.54) is 0 Å². The van der Waals surface area contributed by atoms with Gasteiger partial charge in [0.05, 0.1) is 13.2 Å². The van der Waals surface area contributed by atoms with E-state index in [0.717, 1.165) is 6.42 Å². The van der Waals surface area contributed by atoms with Gasteiger partial charge in [-0.15, -0.1) is 0 Å². The van der Waals surface area contributed by atoms with Crippen LogP contribution in [-0.4, -0.2) is 23.3 Å². The standard InChI is InChI=1S/C7H15BrO2/c1-3-6(2)7(8)10-5-4-9/h6-7,9H,3-5H2,1-2H3/t6?,7-/m1/s1. The van der Waals surface area contributed by atoms with Crippen molar-refractivity contribution in [3.8, 4) is 0 Å². The number of aliphatic hydroxyl groups excluding tert-OH is 1. The molecule has 0 radical (unpaired) electrons. The van der Waals surface area contributed by atoms with Crippen molar-refractivity contribution in [2.75, 3.05) is 13.2 Å². The molecular weight excluding hydrogens is 196 g/mol. The predicted molar refractivity (Wildman–Crippen MR) is 45.2 cm³/mol. The minimum atomic E-state index is 0.0876. The van der Waals surface area contributed by atoms with E-state index in [9.17, 15) is 0 Å². The third kappa shape index (κ3) is 4.25. The van der Waals surface area contributed by atoms with Gasteiger partial charge in [0, 0.05) is 0 Å². The molecule has 1 N–H and O–H groups in total. The van der Waals surface area contributed by atoms with Crippen molar-refractivity contribution in [3.63, 3.8) is 0 Å². The normalized spacial score (nSPS) is 16.8. The fourth-order valence-corrected chi connectivity index (χ4v) is 1.08. The van der Waals surface area contributed by atoms with Crippen LogP contribution in [0.5, 0.6) is 0 Å². The molecule has 62 valence electrons. The van der Waals surface area contributed by atoms with Gasteiger partial charge in [0.2, 0.25) is 0 Å². The number of rotatable bonds is 5. The Hall–Kier alpha value is 0.400. The maximum Gasteiger partial charge on any atom is 0.115 e. The zero-order valence-corrected chi connectivity index (χ0v) is 8.10. The third-order valence-electron chi connectivity index (χ3n) is 1.46. The SMILES string of the molecule is CCC(C)[C@H](Br)OCCO. The molecule has 10 heavy (non-hydrogen) atoms. The van der Waals surface area contributed by atoms with E-state index >= 15 is 0 Å². The van der Waals surface area contributed by atoms with E-state index in [2.05, 4.69) is 29.8 Å². The van der Waals surface area contributed by atoms with E-state index in [1.54, 1.807) is 0 Å². The summed E-state index contributed by atoms with van der Waals surface area (Å²) in [4.78, 5) is 0. The summed E-state index contributed by atoms with van der Waals surface area (Å²) in [6, 6.07) is 0. The quantitative estimate of drug-likeness (QED) is 0.702. The van der Waals surface area contributed by atoms with Crippen molar-refractivity contribution < 1.29 is 9.84 Å². The van der Waals surface area contributed by atoms with Crippen LogP contribution in [-0.2, 0) is 4.74 Å². The Balaban J connectivity index is 3.31. The number of hydrogen-bond donors (Lipinski definition) is 1. The van der Waals surface area contributed by atoms with Gasteiger partial charge in [0.15, 0.2) is 0 Å². The lowest BCUT2D eigenvalue weighted by Crippen LogP contribution is -2.16. The fraction of sp³-hybridized carbons (Fsp3) is 1.00. The number of hydrogen-bond acceptors (Lipinski definition) is 2. The maximum atomic E-state index is 8.42. The van der Waals surface area contributed by atoms with E-state index < -0.39 is 0 Å². The fourth-order valence-electron chi connectivity index (χ4n) is 0.515. The summed E-state index contributed by atoms with van der Waals surface area (Å²) in [7, 11) is 0. The van der Waals surface area contributed by atoms with Gasteiger partial charge >= 0.3 is 0 Å². The zero-order chi connectivity index (χ0) is 7.98. The Morgan fingerprint density at radius 3 is 2.60 bits per heavy atom. The van der Waals surface area contributed by atoms with Crippen LogP contribution in [0.1, 0.15) is 20.3 Å². The number of halogens is 1. The van der Waals surface area contributed by atoms with Crippen LogP contribution >= 0.6 is 15.9 Å². The smallest absolute Gasteiger partial charge is 0.115 e. The summed E-state index contributed by atoms with van der Waals surface area (Å²) in [5.74, 6) is 0.506. The summed E-state index contributed by atoms with van der Waals surface area (Å²) in [6.45, 7) is 4.73. The van der Waals surface area contributed by atoms with E-state index in [1.807, 2.05) is 0 Å². The Morgan fingerprint density at radius 2 is 2.20 bits per heavy atom. The molecule has 0 fully saturated rings. The van der Waals surface area contributed by atoms with Crippen LogP contribution in [0, 0.1) is 5.92 Å². The molecule has 0 amide bonds. The first-order chi connectivity index (χ1) is 4.72. The molecule has 0 aliphatic carbocycles. The predicted octanol–water partition coefficient (Wildman–Crippen LogP) is 1.76. The van der Waals surface area contributed by atoms with Crippen molar-refractivity contribution in [2.45, 2.75) is 25.3 Å². The van der Waals surface area contributed by atoms with Crippen LogP contribution in [0.4, 0.5) is 0 Å². The summed E-state index contributed by atoms with van der Waals surface area (Å²) in [6.07, 6.45) is 1.08. The molecule has 0 aromatic carbocycles. The van der Waals surface area contributed by atoms with E-state index in [0.29, 0.717) is 12.5 Å². The van der Waals surface area contributed by atoms with Crippen LogP contribution in [0.15, 0.2) is 0 Å². The summed E-state index contributed by atoms with van der Waals surface area (Å²) in [5, 5.41) is 8.51. The first-order valence-electron chi connectivity index (χ1n) is 3.58. The molecule has 0 aliphatic heterocycles. The second-order valence-electron chi connectivity index (χ2n) is 2.33. The highest BCUT2D eigenvalue weighted by atomic mass is 79.9. The Morgan fingerprint density at radius 1 is 1.60 bits per heavy atom. The molecule has 1 unspecified atom stereocenters. The number of aliphatic hydroxyl groups is 1. The van der Waals surface area contributed by atoms with Gasteiger partial charge in [-0.2, -0.15) is 0 Å². The van der Waals surface area contributed by atoms with Gasteiger partial charge in [-0.1, -0.05) is 36.2 Å². The molecule has 0 aliphatic rings. The summed E-state index contributed by atoms with van der Waals surface area (Å²) in [5.41, 5.74) is 0. The average Bonchev–Trinajstić information content (AvgIpc) is 1.98. The molecule has 0 heterocycles. The molecule has 0 saturated heterocycles. The van der Waals surface area contributed by atoms with Gasteiger partial charge in [-0.25, -0.2) is 0 Å². The van der Waals surface area contributed by atoms with Crippen molar-refractivity contribution in [3.05, 3.63) is 0 Å².